The van der Waals surface area contributed by atoms with E-state index in [2.05, 4.69) is 5.32 Å². The number of amides is 1. The molecule has 0 fully saturated rings. The molecule has 148 valence electrons. The number of benzene rings is 1. The van der Waals surface area contributed by atoms with E-state index < -0.39 is 17.9 Å². The van der Waals surface area contributed by atoms with Crippen LogP contribution >= 0.6 is 0 Å². The second-order valence-corrected chi connectivity index (χ2v) is 6.00. The van der Waals surface area contributed by atoms with Gasteiger partial charge < -0.3 is 25.6 Å². The molecular formula is C19H26N2O6. The lowest BCUT2D eigenvalue weighted by atomic mass is 9.93. The average Bonchev–Trinajstić information content (AvgIpc) is 2.59. The highest BCUT2D eigenvalue weighted by Gasteiger charge is 2.23. The van der Waals surface area contributed by atoms with Gasteiger partial charge in [-0.2, -0.15) is 0 Å². The molecule has 1 aromatic rings. The van der Waals surface area contributed by atoms with Crippen LogP contribution in [0.3, 0.4) is 0 Å². The van der Waals surface area contributed by atoms with Crippen molar-refractivity contribution < 1.29 is 29.0 Å². The molecule has 0 aliphatic rings. The van der Waals surface area contributed by atoms with Crippen LogP contribution in [0, 0.1) is 6.92 Å². The smallest absolute Gasteiger partial charge is 0.326 e. The van der Waals surface area contributed by atoms with E-state index in [1.54, 1.807) is 12.1 Å². The molecule has 1 amide bonds. The number of carboxylic acids is 1. The van der Waals surface area contributed by atoms with Crippen molar-refractivity contribution in [3.05, 3.63) is 29.3 Å². The Morgan fingerprint density at radius 3 is 2.30 bits per heavy atom. The third-order valence-electron chi connectivity index (χ3n) is 3.88. The highest BCUT2D eigenvalue weighted by atomic mass is 16.5. The number of rotatable bonds is 10. The normalized spacial score (nSPS) is 12.3. The highest BCUT2D eigenvalue weighted by Crippen LogP contribution is 2.34. The fourth-order valence-corrected chi connectivity index (χ4v) is 2.64. The summed E-state index contributed by atoms with van der Waals surface area (Å²) in [6.45, 7) is 3.30. The minimum absolute atomic E-state index is 0.0188. The van der Waals surface area contributed by atoms with Gasteiger partial charge in [0.05, 0.1) is 14.2 Å². The van der Waals surface area contributed by atoms with Crippen LogP contribution in [-0.4, -0.2) is 49.6 Å². The SMILES string of the molecule is COc1cc(C)c(/C(=C\C(C)=O)CC(NC(=O)CCN)C(=O)O)cc1OC. The minimum atomic E-state index is -1.20. The molecule has 1 atom stereocenters. The Morgan fingerprint density at radius 1 is 1.22 bits per heavy atom. The number of ketones is 1. The second-order valence-electron chi connectivity index (χ2n) is 6.00. The van der Waals surface area contributed by atoms with E-state index in [0.29, 0.717) is 22.6 Å². The third kappa shape index (κ3) is 6.41. The zero-order chi connectivity index (χ0) is 20.6. The molecule has 1 unspecified atom stereocenters. The summed E-state index contributed by atoms with van der Waals surface area (Å²) in [6.07, 6.45) is 1.31. The standard InChI is InChI=1S/C19H26N2O6/c1-11-7-16(26-3)17(27-4)10-14(11)13(8-12(2)22)9-15(19(24)25)21-18(23)5-6-20/h7-8,10,15H,5-6,9,20H2,1-4H3,(H,21,23)(H,24,25)/b13-8-. The van der Waals surface area contributed by atoms with Gasteiger partial charge >= 0.3 is 5.97 Å². The summed E-state index contributed by atoms with van der Waals surface area (Å²) in [5, 5.41) is 11.9. The van der Waals surface area contributed by atoms with E-state index in [-0.39, 0.29) is 25.2 Å². The fraction of sp³-hybridized carbons (Fsp3) is 0.421. The molecule has 27 heavy (non-hydrogen) atoms. The van der Waals surface area contributed by atoms with Crippen molar-refractivity contribution >= 4 is 23.2 Å². The number of methoxy groups -OCH3 is 2. The van der Waals surface area contributed by atoms with Crippen molar-refractivity contribution in [1.29, 1.82) is 0 Å². The van der Waals surface area contributed by atoms with Crippen LogP contribution in [0.4, 0.5) is 0 Å². The topological polar surface area (TPSA) is 128 Å². The van der Waals surface area contributed by atoms with Gasteiger partial charge in [-0.05, 0) is 48.8 Å². The Bertz CT molecular complexity index is 742. The summed E-state index contributed by atoms with van der Waals surface area (Å²) in [5.74, 6) is -0.931. The van der Waals surface area contributed by atoms with Crippen LogP contribution in [0.1, 0.15) is 30.9 Å². The van der Waals surface area contributed by atoms with Gasteiger partial charge in [-0.1, -0.05) is 0 Å². The Balaban J connectivity index is 3.32. The Morgan fingerprint density at radius 2 is 1.81 bits per heavy atom. The Labute approximate surface area is 158 Å². The van der Waals surface area contributed by atoms with Crippen LogP contribution in [0.15, 0.2) is 18.2 Å². The number of aliphatic carboxylic acids is 1. The molecule has 8 heteroatoms. The zero-order valence-corrected chi connectivity index (χ0v) is 16.0. The van der Waals surface area contributed by atoms with Gasteiger partial charge in [-0.25, -0.2) is 4.79 Å². The zero-order valence-electron chi connectivity index (χ0n) is 16.0. The molecule has 0 radical (unpaired) electrons. The molecular weight excluding hydrogens is 352 g/mol. The Hall–Kier alpha value is -2.87. The summed E-state index contributed by atoms with van der Waals surface area (Å²) in [7, 11) is 3.00. The first kappa shape index (κ1) is 22.2. The maximum absolute atomic E-state index is 11.8. The van der Waals surface area contributed by atoms with Gasteiger partial charge in [-0.3, -0.25) is 9.59 Å². The number of nitrogens with two attached hydrogens (primary N) is 1. The summed E-state index contributed by atoms with van der Waals surface area (Å²) in [4.78, 5) is 35.1. The summed E-state index contributed by atoms with van der Waals surface area (Å²) >= 11 is 0. The number of carbonyl (C=O) groups excluding carboxylic acids is 2. The van der Waals surface area contributed by atoms with Crippen molar-refractivity contribution in [1.82, 2.24) is 5.32 Å². The highest BCUT2D eigenvalue weighted by molar-refractivity contribution is 5.96. The van der Waals surface area contributed by atoms with Crippen LogP contribution in [0.2, 0.25) is 0 Å². The molecule has 8 nitrogen and oxygen atoms in total. The summed E-state index contributed by atoms with van der Waals surface area (Å²) in [6, 6.07) is 2.23. The predicted molar refractivity (Wildman–Crippen MR) is 101 cm³/mol. The quantitative estimate of drug-likeness (QED) is 0.523. The van der Waals surface area contributed by atoms with Crippen molar-refractivity contribution in [2.75, 3.05) is 20.8 Å². The lowest BCUT2D eigenvalue weighted by Gasteiger charge is -2.19. The number of carboxylic acid groups (broad SMARTS) is 1. The van der Waals surface area contributed by atoms with Gasteiger partial charge in [0.25, 0.3) is 0 Å². The van der Waals surface area contributed by atoms with Crippen molar-refractivity contribution in [2.45, 2.75) is 32.7 Å². The number of carbonyl (C=O) groups is 3. The van der Waals surface area contributed by atoms with E-state index in [9.17, 15) is 19.5 Å². The maximum atomic E-state index is 11.8. The number of aryl methyl sites for hydroxylation is 1. The summed E-state index contributed by atoms with van der Waals surface area (Å²) in [5.41, 5.74) is 7.22. The van der Waals surface area contributed by atoms with E-state index in [4.69, 9.17) is 15.2 Å². The molecule has 4 N–H and O–H groups in total. The van der Waals surface area contributed by atoms with E-state index >= 15 is 0 Å². The first-order valence-electron chi connectivity index (χ1n) is 8.39. The molecule has 0 aliphatic carbocycles. The number of allylic oxidation sites excluding steroid dienone is 1. The van der Waals surface area contributed by atoms with Crippen LogP contribution in [0.25, 0.3) is 5.57 Å². The molecule has 0 saturated heterocycles. The predicted octanol–water partition coefficient (Wildman–Crippen LogP) is 1.29. The largest absolute Gasteiger partial charge is 0.493 e. The second kappa shape index (κ2) is 10.3. The first-order valence-corrected chi connectivity index (χ1v) is 8.39. The number of nitrogens with one attached hydrogen (secondary N) is 1. The van der Waals surface area contributed by atoms with Gasteiger partial charge in [0.15, 0.2) is 17.3 Å². The molecule has 0 heterocycles. The third-order valence-corrected chi connectivity index (χ3v) is 3.88. The molecule has 0 aromatic heterocycles. The summed E-state index contributed by atoms with van der Waals surface area (Å²) < 4.78 is 10.6. The van der Waals surface area contributed by atoms with Gasteiger partial charge in [0.2, 0.25) is 5.91 Å². The number of hydrogen-bond donors (Lipinski definition) is 3. The van der Waals surface area contributed by atoms with Gasteiger partial charge in [-0.15, -0.1) is 0 Å². The molecule has 0 saturated carbocycles. The number of hydrogen-bond acceptors (Lipinski definition) is 6. The van der Waals surface area contributed by atoms with E-state index in [0.717, 1.165) is 5.56 Å². The molecule has 0 aliphatic heterocycles. The number of ether oxygens (including phenoxy) is 2. The van der Waals surface area contributed by atoms with Gasteiger partial charge in [0, 0.05) is 19.4 Å². The minimum Gasteiger partial charge on any atom is -0.493 e. The van der Waals surface area contributed by atoms with Crippen LogP contribution in [-0.2, 0) is 14.4 Å². The average molecular weight is 378 g/mol. The van der Waals surface area contributed by atoms with E-state index in [1.807, 2.05) is 6.92 Å². The fourth-order valence-electron chi connectivity index (χ4n) is 2.64. The molecule has 1 aromatic carbocycles. The molecule has 0 spiro atoms. The Kier molecular flexibility index (Phi) is 8.47. The van der Waals surface area contributed by atoms with Crippen LogP contribution < -0.4 is 20.5 Å². The lowest BCUT2D eigenvalue weighted by Crippen LogP contribution is -2.41. The molecule has 1 rings (SSSR count). The van der Waals surface area contributed by atoms with Crippen molar-refractivity contribution in [2.24, 2.45) is 5.73 Å². The van der Waals surface area contributed by atoms with E-state index in [1.165, 1.54) is 27.2 Å². The maximum Gasteiger partial charge on any atom is 0.326 e. The molecule has 0 bridgehead atoms. The van der Waals surface area contributed by atoms with Crippen molar-refractivity contribution in [3.8, 4) is 11.5 Å². The van der Waals surface area contributed by atoms with Gasteiger partial charge in [0.1, 0.15) is 6.04 Å². The monoisotopic (exact) mass is 378 g/mol. The van der Waals surface area contributed by atoms with Crippen LogP contribution in [0.5, 0.6) is 11.5 Å². The van der Waals surface area contributed by atoms with Crippen molar-refractivity contribution in [3.63, 3.8) is 0 Å². The first-order chi connectivity index (χ1) is 12.7. The lowest BCUT2D eigenvalue weighted by molar-refractivity contribution is -0.141.